The third-order valence-electron chi connectivity index (χ3n) is 4.21. The van der Waals surface area contributed by atoms with Crippen molar-refractivity contribution in [1.29, 1.82) is 0 Å². The van der Waals surface area contributed by atoms with Crippen LogP contribution in [-0.4, -0.2) is 47.0 Å². The Morgan fingerprint density at radius 1 is 1.45 bits per heavy atom. The average Bonchev–Trinajstić information content (AvgIpc) is 2.44. The fourth-order valence-electron chi connectivity index (χ4n) is 2.68. The summed E-state index contributed by atoms with van der Waals surface area (Å²) in [7, 11) is 2.08. The quantitative estimate of drug-likeness (QED) is 0.882. The molecule has 1 saturated heterocycles. The van der Waals surface area contributed by atoms with Gasteiger partial charge in [0, 0.05) is 23.7 Å². The fraction of sp³-hybridized carbons (Fsp3) is 0.688. The minimum atomic E-state index is -0.479. The Hall–Kier alpha value is -1.69. The molecule has 2 rings (SSSR count). The number of H-pyrrole nitrogens is 1. The number of aromatic nitrogens is 2. The van der Waals surface area contributed by atoms with Crippen LogP contribution in [0, 0.1) is 0 Å². The van der Waals surface area contributed by atoms with E-state index in [1.54, 1.807) is 6.07 Å². The second-order valence-corrected chi connectivity index (χ2v) is 7.08. The van der Waals surface area contributed by atoms with Crippen LogP contribution in [-0.2, 0) is 5.41 Å². The molecule has 6 heteroatoms. The van der Waals surface area contributed by atoms with E-state index in [0.717, 1.165) is 13.0 Å². The highest BCUT2D eigenvalue weighted by molar-refractivity contribution is 5.92. The summed E-state index contributed by atoms with van der Waals surface area (Å²) in [5, 5.41) is 2.91. The van der Waals surface area contributed by atoms with Crippen LogP contribution in [0.5, 0.6) is 0 Å². The molecule has 2 heterocycles. The van der Waals surface area contributed by atoms with Crippen LogP contribution in [0.15, 0.2) is 10.9 Å². The summed E-state index contributed by atoms with van der Waals surface area (Å²) < 4.78 is 0. The molecular weight excluding hydrogens is 280 g/mol. The summed E-state index contributed by atoms with van der Waals surface area (Å²) in [6.45, 7) is 7.61. The zero-order valence-corrected chi connectivity index (χ0v) is 13.9. The number of hydrogen-bond donors (Lipinski definition) is 2. The predicted molar refractivity (Wildman–Crippen MR) is 86.2 cm³/mol. The van der Waals surface area contributed by atoms with Gasteiger partial charge in [0.1, 0.15) is 5.69 Å². The van der Waals surface area contributed by atoms with Gasteiger partial charge in [0.2, 0.25) is 0 Å². The van der Waals surface area contributed by atoms with Crippen molar-refractivity contribution < 1.29 is 4.79 Å². The van der Waals surface area contributed by atoms with E-state index in [-0.39, 0.29) is 17.0 Å². The average molecular weight is 306 g/mol. The van der Waals surface area contributed by atoms with Crippen LogP contribution in [0.2, 0.25) is 0 Å². The standard InChI is InChI=1S/C16H26N4O2/c1-16(2,3)13-9-12(18-15(22)19-13)14(21)17-10-11-7-5-6-8-20(11)4/h9,11H,5-8,10H2,1-4H3,(H,17,21)(H,18,19,22)/t11-/m0/s1. The van der Waals surface area contributed by atoms with Gasteiger partial charge in [0.15, 0.2) is 0 Å². The normalized spacial score (nSPS) is 19.9. The molecule has 0 aliphatic carbocycles. The maximum absolute atomic E-state index is 12.3. The molecule has 0 radical (unpaired) electrons. The first kappa shape index (κ1) is 16.7. The topological polar surface area (TPSA) is 78.1 Å². The van der Waals surface area contributed by atoms with Crippen LogP contribution in [0.1, 0.15) is 56.2 Å². The Balaban J connectivity index is 2.06. The molecule has 1 amide bonds. The number of rotatable bonds is 3. The zero-order valence-electron chi connectivity index (χ0n) is 13.9. The van der Waals surface area contributed by atoms with Crippen molar-refractivity contribution in [3.63, 3.8) is 0 Å². The summed E-state index contributed by atoms with van der Waals surface area (Å²) in [5.41, 5.74) is 0.188. The molecule has 1 aliphatic heterocycles. The Kier molecular flexibility index (Phi) is 5.01. The van der Waals surface area contributed by atoms with Crippen molar-refractivity contribution in [2.24, 2.45) is 0 Å². The van der Waals surface area contributed by atoms with E-state index in [0.29, 0.717) is 18.3 Å². The summed E-state index contributed by atoms with van der Waals surface area (Å²) in [6.07, 6.45) is 3.50. The first-order chi connectivity index (χ1) is 10.3. The SMILES string of the molecule is CN1CCCC[C@H]1CNC(=O)c1cc(C(C)(C)C)[nH]c(=O)n1. The highest BCUT2D eigenvalue weighted by Gasteiger charge is 2.21. The van der Waals surface area contributed by atoms with Gasteiger partial charge in [-0.3, -0.25) is 4.79 Å². The van der Waals surface area contributed by atoms with E-state index in [9.17, 15) is 9.59 Å². The molecule has 1 atom stereocenters. The first-order valence-electron chi connectivity index (χ1n) is 7.87. The summed E-state index contributed by atoms with van der Waals surface area (Å²) >= 11 is 0. The minimum absolute atomic E-state index is 0.187. The molecule has 2 N–H and O–H groups in total. The first-order valence-corrected chi connectivity index (χ1v) is 7.87. The number of amides is 1. The molecule has 1 aromatic heterocycles. The van der Waals surface area contributed by atoms with Crippen LogP contribution in [0.4, 0.5) is 0 Å². The minimum Gasteiger partial charge on any atom is -0.349 e. The van der Waals surface area contributed by atoms with E-state index >= 15 is 0 Å². The highest BCUT2D eigenvalue weighted by Crippen LogP contribution is 2.19. The number of aromatic amines is 1. The number of likely N-dealkylation sites (tertiary alicyclic amines) is 1. The van der Waals surface area contributed by atoms with Crippen molar-refractivity contribution in [2.45, 2.75) is 51.5 Å². The molecule has 1 aliphatic rings. The molecule has 6 nitrogen and oxygen atoms in total. The number of hydrogen-bond acceptors (Lipinski definition) is 4. The van der Waals surface area contributed by atoms with Crippen LogP contribution in [0.25, 0.3) is 0 Å². The molecule has 0 spiro atoms. The van der Waals surface area contributed by atoms with Gasteiger partial charge >= 0.3 is 5.69 Å². The molecule has 1 aromatic rings. The van der Waals surface area contributed by atoms with E-state index in [1.165, 1.54) is 12.8 Å². The molecule has 0 unspecified atom stereocenters. The molecule has 122 valence electrons. The number of likely N-dealkylation sites (N-methyl/N-ethyl adjacent to an activating group) is 1. The van der Waals surface area contributed by atoms with Gasteiger partial charge in [-0.1, -0.05) is 27.2 Å². The van der Waals surface area contributed by atoms with Gasteiger partial charge in [-0.2, -0.15) is 4.98 Å². The van der Waals surface area contributed by atoms with E-state index in [4.69, 9.17) is 0 Å². The van der Waals surface area contributed by atoms with Gasteiger partial charge in [0.05, 0.1) is 0 Å². The van der Waals surface area contributed by atoms with E-state index in [1.807, 2.05) is 20.8 Å². The molecule has 0 aromatic carbocycles. The molecule has 0 saturated carbocycles. The fourth-order valence-corrected chi connectivity index (χ4v) is 2.68. The summed E-state index contributed by atoms with van der Waals surface area (Å²) in [4.78, 5) is 32.7. The molecule has 1 fully saturated rings. The number of carbonyl (C=O) groups excluding carboxylic acids is 1. The monoisotopic (exact) mass is 306 g/mol. The maximum atomic E-state index is 12.3. The summed E-state index contributed by atoms with van der Waals surface area (Å²) in [6, 6.07) is 2.03. The highest BCUT2D eigenvalue weighted by atomic mass is 16.2. The van der Waals surface area contributed by atoms with Gasteiger partial charge < -0.3 is 15.2 Å². The molecule has 0 bridgehead atoms. The van der Waals surface area contributed by atoms with Crippen molar-refractivity contribution in [3.8, 4) is 0 Å². The lowest BCUT2D eigenvalue weighted by atomic mass is 9.91. The Morgan fingerprint density at radius 2 is 2.18 bits per heavy atom. The Morgan fingerprint density at radius 3 is 2.82 bits per heavy atom. The number of nitrogens with one attached hydrogen (secondary N) is 2. The lowest BCUT2D eigenvalue weighted by molar-refractivity contribution is 0.0923. The Bertz CT molecular complexity index is 589. The number of nitrogens with zero attached hydrogens (tertiary/aromatic N) is 2. The van der Waals surface area contributed by atoms with Crippen molar-refractivity contribution in [1.82, 2.24) is 20.2 Å². The van der Waals surface area contributed by atoms with Crippen molar-refractivity contribution in [3.05, 3.63) is 27.9 Å². The third-order valence-corrected chi connectivity index (χ3v) is 4.21. The predicted octanol–water partition coefficient (Wildman–Crippen LogP) is 1.28. The van der Waals surface area contributed by atoms with E-state index < -0.39 is 5.69 Å². The van der Waals surface area contributed by atoms with Crippen LogP contribution >= 0.6 is 0 Å². The van der Waals surface area contributed by atoms with Crippen LogP contribution in [0.3, 0.4) is 0 Å². The lowest BCUT2D eigenvalue weighted by Crippen LogP contribution is -2.44. The molecular formula is C16H26N4O2. The van der Waals surface area contributed by atoms with Crippen LogP contribution < -0.4 is 11.0 Å². The number of piperidine rings is 1. The van der Waals surface area contributed by atoms with Gasteiger partial charge in [-0.05, 0) is 32.5 Å². The second kappa shape index (κ2) is 6.60. The van der Waals surface area contributed by atoms with Gasteiger partial charge in [-0.15, -0.1) is 0 Å². The third kappa shape index (κ3) is 4.16. The molecule has 22 heavy (non-hydrogen) atoms. The van der Waals surface area contributed by atoms with Crippen molar-refractivity contribution in [2.75, 3.05) is 20.1 Å². The van der Waals surface area contributed by atoms with Crippen molar-refractivity contribution >= 4 is 5.91 Å². The Labute approximate surface area is 131 Å². The smallest absolute Gasteiger partial charge is 0.345 e. The second-order valence-electron chi connectivity index (χ2n) is 7.08. The van der Waals surface area contributed by atoms with Gasteiger partial charge in [0.25, 0.3) is 5.91 Å². The maximum Gasteiger partial charge on any atom is 0.345 e. The van der Waals surface area contributed by atoms with Gasteiger partial charge in [-0.25, -0.2) is 4.79 Å². The van der Waals surface area contributed by atoms with E-state index in [2.05, 4.69) is 27.2 Å². The number of carbonyl (C=O) groups is 1. The largest absolute Gasteiger partial charge is 0.349 e. The summed E-state index contributed by atoms with van der Waals surface area (Å²) in [5.74, 6) is -0.282. The zero-order chi connectivity index (χ0) is 16.3. The lowest BCUT2D eigenvalue weighted by Gasteiger charge is -2.32.